The molecule has 0 spiro atoms. The van der Waals surface area contributed by atoms with Crippen molar-refractivity contribution in [2.45, 2.75) is 70.9 Å². The Morgan fingerprint density at radius 3 is 2.89 bits per heavy atom. The zero-order chi connectivity index (χ0) is 19.3. The van der Waals surface area contributed by atoms with E-state index in [2.05, 4.69) is 23.0 Å². The summed E-state index contributed by atoms with van der Waals surface area (Å²) in [6, 6.07) is 0.467. The molecule has 2 aliphatic carbocycles. The third-order valence-corrected chi connectivity index (χ3v) is 7.35. The Kier molecular flexibility index (Phi) is 6.78. The average Bonchev–Trinajstić information content (AvgIpc) is 3.12. The maximum Gasteiger partial charge on any atom is 0.274 e. The molecule has 4 rings (SSSR count). The van der Waals surface area contributed by atoms with Crippen LogP contribution in [0.4, 0.5) is 0 Å². The number of nitrogens with zero attached hydrogens (tertiary/aromatic N) is 3. The highest BCUT2D eigenvalue weighted by Crippen LogP contribution is 2.27. The van der Waals surface area contributed by atoms with E-state index >= 15 is 0 Å². The van der Waals surface area contributed by atoms with Crippen molar-refractivity contribution >= 4 is 17.7 Å². The predicted octanol–water partition coefficient (Wildman–Crippen LogP) is 3.43. The molecule has 1 fully saturated rings. The van der Waals surface area contributed by atoms with Gasteiger partial charge in [-0.05, 0) is 64.8 Å². The Hall–Kier alpha value is -1.27. The van der Waals surface area contributed by atoms with Crippen molar-refractivity contribution in [1.29, 1.82) is 0 Å². The molecule has 1 aromatic heterocycles. The van der Waals surface area contributed by atoms with Gasteiger partial charge >= 0.3 is 0 Å². The van der Waals surface area contributed by atoms with Crippen molar-refractivity contribution in [3.05, 3.63) is 28.6 Å². The zero-order valence-corrected chi connectivity index (χ0v) is 18.0. The zero-order valence-electron chi connectivity index (χ0n) is 17.2. The molecule has 3 aliphatic rings. The molecular formula is C22H34N4OS. The predicted molar refractivity (Wildman–Crippen MR) is 116 cm³/mol. The highest BCUT2D eigenvalue weighted by molar-refractivity contribution is 7.99. The van der Waals surface area contributed by atoms with Crippen LogP contribution in [0, 0.1) is 0 Å². The van der Waals surface area contributed by atoms with E-state index in [0.29, 0.717) is 6.04 Å². The van der Waals surface area contributed by atoms with Crippen LogP contribution in [0.25, 0.3) is 0 Å². The van der Waals surface area contributed by atoms with Gasteiger partial charge < -0.3 is 10.2 Å². The van der Waals surface area contributed by atoms with Crippen LogP contribution in [0.2, 0.25) is 0 Å². The Morgan fingerprint density at radius 2 is 2.14 bits per heavy atom. The summed E-state index contributed by atoms with van der Waals surface area (Å²) < 4.78 is 2.07. The quantitative estimate of drug-likeness (QED) is 0.741. The number of allylic oxidation sites excluding steroid dienone is 1. The monoisotopic (exact) mass is 402 g/mol. The highest BCUT2D eigenvalue weighted by atomic mass is 32.2. The summed E-state index contributed by atoms with van der Waals surface area (Å²) >= 11 is 1.94. The molecule has 0 bridgehead atoms. The summed E-state index contributed by atoms with van der Waals surface area (Å²) in [5.74, 6) is 2.24. The molecule has 154 valence electrons. The second-order valence-electron chi connectivity index (χ2n) is 8.25. The first-order chi connectivity index (χ1) is 13.8. The van der Waals surface area contributed by atoms with E-state index in [0.717, 1.165) is 62.6 Å². The highest BCUT2D eigenvalue weighted by Gasteiger charge is 2.31. The lowest BCUT2D eigenvalue weighted by Gasteiger charge is -2.27. The summed E-state index contributed by atoms with van der Waals surface area (Å²) in [6.07, 6.45) is 12.0. The van der Waals surface area contributed by atoms with Gasteiger partial charge in [0.15, 0.2) is 5.69 Å². The van der Waals surface area contributed by atoms with Gasteiger partial charge in [0.1, 0.15) is 0 Å². The Bertz CT molecular complexity index is 720. The van der Waals surface area contributed by atoms with Crippen LogP contribution in [0.1, 0.15) is 67.2 Å². The van der Waals surface area contributed by atoms with Gasteiger partial charge in [-0.15, -0.1) is 0 Å². The second-order valence-corrected chi connectivity index (χ2v) is 9.47. The van der Waals surface area contributed by atoms with Gasteiger partial charge in [0, 0.05) is 48.4 Å². The van der Waals surface area contributed by atoms with Crippen LogP contribution in [0.3, 0.4) is 0 Å². The molecule has 1 aliphatic heterocycles. The first-order valence-electron chi connectivity index (χ1n) is 11.1. The Morgan fingerprint density at radius 1 is 1.29 bits per heavy atom. The Labute approximate surface area is 173 Å². The Balaban J connectivity index is 1.42. The third kappa shape index (κ3) is 4.48. The summed E-state index contributed by atoms with van der Waals surface area (Å²) in [4.78, 5) is 15.1. The molecule has 1 saturated heterocycles. The lowest BCUT2D eigenvalue weighted by molar-refractivity contribution is 0.0764. The lowest BCUT2D eigenvalue weighted by Crippen LogP contribution is -2.39. The molecule has 1 unspecified atom stereocenters. The summed E-state index contributed by atoms with van der Waals surface area (Å²) in [7, 11) is 0. The molecule has 0 aromatic carbocycles. The van der Waals surface area contributed by atoms with E-state index in [-0.39, 0.29) is 5.91 Å². The normalized spacial score (nSPS) is 22.7. The number of fused-ring (bicyclic) bond motifs is 1. The van der Waals surface area contributed by atoms with Crippen LogP contribution in [0.15, 0.2) is 11.6 Å². The number of carbonyl (C=O) groups is 1. The number of hydrogen-bond acceptors (Lipinski definition) is 4. The molecule has 1 atom stereocenters. The van der Waals surface area contributed by atoms with E-state index in [9.17, 15) is 4.79 Å². The number of rotatable bonds is 6. The van der Waals surface area contributed by atoms with E-state index < -0.39 is 0 Å². The van der Waals surface area contributed by atoms with Crippen molar-refractivity contribution < 1.29 is 4.79 Å². The number of amides is 1. The molecule has 28 heavy (non-hydrogen) atoms. The van der Waals surface area contributed by atoms with Crippen molar-refractivity contribution in [1.82, 2.24) is 20.0 Å². The maximum atomic E-state index is 13.1. The minimum atomic E-state index is 0.150. The van der Waals surface area contributed by atoms with Crippen LogP contribution in [0.5, 0.6) is 0 Å². The fourth-order valence-electron chi connectivity index (χ4n) is 4.78. The molecule has 1 aromatic rings. The largest absolute Gasteiger partial charge is 0.336 e. The third-order valence-electron chi connectivity index (χ3n) is 6.41. The first-order valence-corrected chi connectivity index (χ1v) is 12.3. The van der Waals surface area contributed by atoms with Gasteiger partial charge in [0.05, 0.1) is 0 Å². The minimum Gasteiger partial charge on any atom is -0.336 e. The van der Waals surface area contributed by atoms with Gasteiger partial charge in [-0.1, -0.05) is 11.6 Å². The average molecular weight is 403 g/mol. The molecule has 0 saturated carbocycles. The number of carbonyl (C=O) groups excluding carboxylic acids is 1. The fourth-order valence-corrected chi connectivity index (χ4v) is 5.68. The summed E-state index contributed by atoms with van der Waals surface area (Å²) in [6.45, 7) is 5.74. The standard InChI is InChI=1S/C22H34N4OS/c1-2-26-20-9-8-18(23-11-10-17-6-4-3-5-7-17)16-19(20)21(24-26)22(27)25-12-14-28-15-13-25/h6,18,23H,2-5,7-16H2,1H3. The minimum absolute atomic E-state index is 0.150. The topological polar surface area (TPSA) is 50.2 Å². The van der Waals surface area contributed by atoms with Gasteiger partial charge in [-0.3, -0.25) is 9.48 Å². The maximum absolute atomic E-state index is 13.1. The van der Waals surface area contributed by atoms with Crippen LogP contribution in [-0.2, 0) is 19.4 Å². The molecule has 1 amide bonds. The van der Waals surface area contributed by atoms with Crippen molar-refractivity contribution in [2.75, 3.05) is 31.1 Å². The summed E-state index contributed by atoms with van der Waals surface area (Å²) in [5, 5.41) is 8.53. The number of aromatic nitrogens is 2. The molecule has 1 N–H and O–H groups in total. The molecular weight excluding hydrogens is 368 g/mol. The first kappa shape index (κ1) is 20.0. The molecule has 6 heteroatoms. The van der Waals surface area contributed by atoms with E-state index in [1.54, 1.807) is 5.57 Å². The lowest BCUT2D eigenvalue weighted by atomic mass is 9.90. The van der Waals surface area contributed by atoms with Crippen molar-refractivity contribution in [2.24, 2.45) is 0 Å². The van der Waals surface area contributed by atoms with Crippen LogP contribution < -0.4 is 5.32 Å². The van der Waals surface area contributed by atoms with Crippen molar-refractivity contribution in [3.63, 3.8) is 0 Å². The fraction of sp³-hybridized carbons (Fsp3) is 0.727. The van der Waals surface area contributed by atoms with E-state index in [1.165, 1.54) is 43.4 Å². The van der Waals surface area contributed by atoms with Gasteiger partial charge in [-0.25, -0.2) is 0 Å². The van der Waals surface area contributed by atoms with E-state index in [4.69, 9.17) is 5.10 Å². The van der Waals surface area contributed by atoms with Gasteiger partial charge in [0.25, 0.3) is 5.91 Å². The van der Waals surface area contributed by atoms with Crippen LogP contribution >= 0.6 is 11.8 Å². The van der Waals surface area contributed by atoms with Crippen LogP contribution in [-0.4, -0.2) is 57.8 Å². The molecule has 2 heterocycles. The number of thioether (sulfide) groups is 1. The van der Waals surface area contributed by atoms with Gasteiger partial charge in [-0.2, -0.15) is 16.9 Å². The number of hydrogen-bond donors (Lipinski definition) is 1. The van der Waals surface area contributed by atoms with E-state index in [1.807, 2.05) is 16.7 Å². The molecule has 0 radical (unpaired) electrons. The molecule has 5 nitrogen and oxygen atoms in total. The summed E-state index contributed by atoms with van der Waals surface area (Å²) in [5.41, 5.74) is 4.87. The van der Waals surface area contributed by atoms with Gasteiger partial charge in [0.2, 0.25) is 0 Å². The second kappa shape index (κ2) is 9.49. The van der Waals surface area contributed by atoms with Crippen molar-refractivity contribution in [3.8, 4) is 0 Å². The smallest absolute Gasteiger partial charge is 0.274 e. The number of aryl methyl sites for hydroxylation is 1. The SMILES string of the molecule is CCn1nc(C(=O)N2CCSCC2)c2c1CCC(NCCC1=CCCCC1)C2. The number of nitrogens with one attached hydrogen (secondary N) is 1.